The van der Waals surface area contributed by atoms with Crippen molar-refractivity contribution in [3.63, 3.8) is 0 Å². The lowest BCUT2D eigenvalue weighted by Crippen LogP contribution is -2.17. The predicted molar refractivity (Wildman–Crippen MR) is 96.0 cm³/mol. The monoisotopic (exact) mass is 358 g/mol. The van der Waals surface area contributed by atoms with Crippen LogP contribution in [-0.4, -0.2) is 31.5 Å². The summed E-state index contributed by atoms with van der Waals surface area (Å²) in [7, 11) is -3.81. The summed E-state index contributed by atoms with van der Waals surface area (Å²) >= 11 is 0. The van der Waals surface area contributed by atoms with Crippen molar-refractivity contribution in [3.8, 4) is 5.75 Å². The molecule has 1 aromatic carbocycles. The molecule has 7 nitrogen and oxygen atoms in total. The summed E-state index contributed by atoms with van der Waals surface area (Å²) in [5.74, 6) is 0.970. The maximum Gasteiger partial charge on any atom is 0.241 e. The number of fused-ring (bicyclic) bond motifs is 1. The Morgan fingerprint density at radius 2 is 1.80 bits per heavy atom. The van der Waals surface area contributed by atoms with Crippen LogP contribution in [0, 0.1) is 0 Å². The van der Waals surface area contributed by atoms with Gasteiger partial charge in [-0.15, -0.1) is 0 Å². The lowest BCUT2D eigenvalue weighted by molar-refractivity contribution is 0.318. The largest absolute Gasteiger partial charge is 0.491 e. The molecular weight excluding hydrogens is 340 g/mol. The van der Waals surface area contributed by atoms with Crippen molar-refractivity contribution in [3.05, 3.63) is 54.9 Å². The smallest absolute Gasteiger partial charge is 0.241 e. The van der Waals surface area contributed by atoms with Gasteiger partial charge in [-0.05, 0) is 30.7 Å². The summed E-state index contributed by atoms with van der Waals surface area (Å²) in [5.41, 5.74) is 0.819. The van der Waals surface area contributed by atoms with Crippen LogP contribution < -0.4 is 15.2 Å². The summed E-state index contributed by atoms with van der Waals surface area (Å²) in [5, 5.41) is 9.17. The van der Waals surface area contributed by atoms with E-state index in [1.807, 2.05) is 30.3 Å². The van der Waals surface area contributed by atoms with E-state index in [4.69, 9.17) is 9.88 Å². The summed E-state index contributed by atoms with van der Waals surface area (Å²) in [6.45, 7) is 0.956. The second kappa shape index (κ2) is 7.45. The van der Waals surface area contributed by atoms with Gasteiger partial charge in [0.05, 0.1) is 6.61 Å². The second-order valence-corrected chi connectivity index (χ2v) is 6.89. The van der Waals surface area contributed by atoms with Crippen molar-refractivity contribution >= 4 is 26.7 Å². The van der Waals surface area contributed by atoms with Crippen LogP contribution in [0.2, 0.25) is 0 Å². The Balaban J connectivity index is 1.56. The van der Waals surface area contributed by atoms with E-state index in [9.17, 15) is 8.42 Å². The molecule has 0 radical (unpaired) electrons. The number of ether oxygens (including phenoxy) is 1. The van der Waals surface area contributed by atoms with Crippen LogP contribution >= 0.6 is 0 Å². The topological polar surface area (TPSA) is 107 Å². The number of anilines is 1. The number of pyridine rings is 2. The molecule has 0 amide bonds. The first-order chi connectivity index (χ1) is 12.1. The summed E-state index contributed by atoms with van der Waals surface area (Å²) < 4.78 is 28.8. The minimum Gasteiger partial charge on any atom is -0.491 e. The Kier molecular flexibility index (Phi) is 5.11. The molecule has 0 saturated carbocycles. The van der Waals surface area contributed by atoms with Gasteiger partial charge in [-0.1, -0.05) is 18.2 Å². The van der Waals surface area contributed by atoms with E-state index in [1.54, 1.807) is 6.20 Å². The molecule has 3 rings (SSSR count). The quantitative estimate of drug-likeness (QED) is 0.627. The summed E-state index contributed by atoms with van der Waals surface area (Å²) in [4.78, 5) is 8.34. The van der Waals surface area contributed by atoms with Crippen LogP contribution in [0.1, 0.15) is 6.42 Å². The fraction of sp³-hybridized carbons (Fsp3) is 0.176. The molecule has 2 aromatic heterocycles. The van der Waals surface area contributed by atoms with E-state index in [0.717, 1.165) is 16.7 Å². The number of nitrogens with zero attached hydrogens (tertiary/aromatic N) is 2. The number of aromatic nitrogens is 2. The van der Waals surface area contributed by atoms with E-state index < -0.39 is 10.0 Å². The van der Waals surface area contributed by atoms with Gasteiger partial charge in [-0.2, -0.15) is 0 Å². The molecule has 0 aliphatic carbocycles. The molecule has 0 spiro atoms. The number of hydrogen-bond donors (Lipinski definition) is 2. The van der Waals surface area contributed by atoms with Gasteiger partial charge in [0.25, 0.3) is 0 Å². The van der Waals surface area contributed by atoms with Gasteiger partial charge in [-0.3, -0.25) is 4.98 Å². The lowest BCUT2D eigenvalue weighted by Gasteiger charge is -2.11. The molecule has 3 N–H and O–H groups in total. The molecule has 0 unspecified atom stereocenters. The van der Waals surface area contributed by atoms with Crippen LogP contribution in [0.25, 0.3) is 10.9 Å². The maximum atomic E-state index is 11.5. The standard InChI is InChI=1S/C17H18N4O3S/c18-25(22,23)15-8-3-10-20-17(15)21-11-4-12-24-14-7-1-5-13-6-2-9-19-16(13)14/h1-3,5-10H,4,11-12H2,(H,20,21)(H2,18,22,23). The van der Waals surface area contributed by atoms with E-state index in [0.29, 0.717) is 19.6 Å². The molecule has 8 heteroatoms. The van der Waals surface area contributed by atoms with Crippen molar-refractivity contribution in [2.24, 2.45) is 5.14 Å². The summed E-state index contributed by atoms with van der Waals surface area (Å²) in [6.07, 6.45) is 3.89. The zero-order valence-corrected chi connectivity index (χ0v) is 14.2. The molecule has 0 saturated heterocycles. The Morgan fingerprint density at radius 1 is 1.04 bits per heavy atom. The Hall–Kier alpha value is -2.71. The van der Waals surface area contributed by atoms with Gasteiger partial charge in [0.15, 0.2) is 0 Å². The van der Waals surface area contributed by atoms with E-state index in [-0.39, 0.29) is 10.7 Å². The highest BCUT2D eigenvalue weighted by Gasteiger charge is 2.13. The second-order valence-electron chi connectivity index (χ2n) is 5.36. The lowest BCUT2D eigenvalue weighted by atomic mass is 10.2. The number of nitrogens with two attached hydrogens (primary N) is 1. The Labute approximate surface area is 145 Å². The number of hydrogen-bond acceptors (Lipinski definition) is 6. The first kappa shape index (κ1) is 17.1. The van der Waals surface area contributed by atoms with Crippen molar-refractivity contribution in [2.75, 3.05) is 18.5 Å². The van der Waals surface area contributed by atoms with Gasteiger partial charge in [0.2, 0.25) is 10.0 Å². The third-order valence-corrected chi connectivity index (χ3v) is 4.49. The fourth-order valence-electron chi connectivity index (χ4n) is 2.41. The molecule has 25 heavy (non-hydrogen) atoms. The number of nitrogens with one attached hydrogen (secondary N) is 1. The van der Waals surface area contributed by atoms with E-state index in [1.165, 1.54) is 18.3 Å². The van der Waals surface area contributed by atoms with E-state index in [2.05, 4.69) is 15.3 Å². The Bertz CT molecular complexity index is 971. The zero-order chi connectivity index (χ0) is 17.7. The highest BCUT2D eigenvalue weighted by atomic mass is 32.2. The molecule has 0 aliphatic rings. The number of benzene rings is 1. The number of primary sulfonamides is 1. The molecule has 0 fully saturated rings. The highest BCUT2D eigenvalue weighted by molar-refractivity contribution is 7.89. The fourth-order valence-corrected chi connectivity index (χ4v) is 3.07. The molecule has 0 bridgehead atoms. The summed E-state index contributed by atoms with van der Waals surface area (Å²) in [6, 6.07) is 12.6. The van der Waals surface area contributed by atoms with Crippen LogP contribution in [0.3, 0.4) is 0 Å². The molecule has 0 atom stereocenters. The van der Waals surface area contributed by atoms with Gasteiger partial charge in [0.1, 0.15) is 22.0 Å². The number of rotatable bonds is 7. The van der Waals surface area contributed by atoms with Crippen LogP contribution in [0.4, 0.5) is 5.82 Å². The molecule has 2 heterocycles. The van der Waals surface area contributed by atoms with Gasteiger partial charge >= 0.3 is 0 Å². The third-order valence-electron chi connectivity index (χ3n) is 3.54. The van der Waals surface area contributed by atoms with Crippen molar-refractivity contribution in [2.45, 2.75) is 11.3 Å². The SMILES string of the molecule is NS(=O)(=O)c1cccnc1NCCCOc1cccc2cccnc12. The van der Waals surface area contributed by atoms with E-state index >= 15 is 0 Å². The van der Waals surface area contributed by atoms with Crippen molar-refractivity contribution < 1.29 is 13.2 Å². The average Bonchev–Trinajstić information content (AvgIpc) is 2.61. The molecule has 0 aliphatic heterocycles. The maximum absolute atomic E-state index is 11.5. The minimum absolute atomic E-state index is 0.0193. The molecule has 3 aromatic rings. The molecule has 130 valence electrons. The van der Waals surface area contributed by atoms with Crippen molar-refractivity contribution in [1.29, 1.82) is 0 Å². The molecular formula is C17H18N4O3S. The van der Waals surface area contributed by atoms with Crippen LogP contribution in [0.5, 0.6) is 5.75 Å². The van der Waals surface area contributed by atoms with Gasteiger partial charge in [-0.25, -0.2) is 18.5 Å². The number of para-hydroxylation sites is 1. The zero-order valence-electron chi connectivity index (χ0n) is 13.4. The van der Waals surface area contributed by atoms with Gasteiger partial charge < -0.3 is 10.1 Å². The predicted octanol–water partition coefficient (Wildman–Crippen LogP) is 2.16. The Morgan fingerprint density at radius 3 is 2.64 bits per heavy atom. The normalized spacial score (nSPS) is 11.4. The van der Waals surface area contributed by atoms with Gasteiger partial charge in [0, 0.05) is 24.3 Å². The van der Waals surface area contributed by atoms with Crippen LogP contribution in [0.15, 0.2) is 59.8 Å². The van der Waals surface area contributed by atoms with Crippen molar-refractivity contribution in [1.82, 2.24) is 9.97 Å². The van der Waals surface area contributed by atoms with Crippen LogP contribution in [-0.2, 0) is 10.0 Å². The minimum atomic E-state index is -3.81. The average molecular weight is 358 g/mol. The first-order valence-electron chi connectivity index (χ1n) is 7.74. The number of sulfonamides is 1. The third kappa shape index (κ3) is 4.23. The highest BCUT2D eigenvalue weighted by Crippen LogP contribution is 2.23. The first-order valence-corrected chi connectivity index (χ1v) is 9.28.